The summed E-state index contributed by atoms with van der Waals surface area (Å²) in [5, 5.41) is 10.9. The molecule has 0 saturated carbocycles. The first kappa shape index (κ1) is 13.8. The minimum atomic E-state index is -1.14. The highest BCUT2D eigenvalue weighted by atomic mass is 16.5. The highest BCUT2D eigenvalue weighted by Gasteiger charge is 2.19. The number of amides is 1. The molecule has 0 fully saturated rings. The topological polar surface area (TPSA) is 111 Å². The quantitative estimate of drug-likeness (QED) is 0.465. The fourth-order valence-corrected chi connectivity index (χ4v) is 0.851. The maximum atomic E-state index is 11.2. The maximum absolute atomic E-state index is 11.2. The van der Waals surface area contributed by atoms with Gasteiger partial charge in [0.05, 0.1) is 13.2 Å². The third kappa shape index (κ3) is 5.31. The Bertz CT molecular complexity index is 221. The Morgan fingerprint density at radius 2 is 2.07 bits per heavy atom. The molecule has 1 amide bonds. The molecule has 7 heteroatoms. The van der Waals surface area contributed by atoms with Crippen LogP contribution in [0.4, 0.5) is 0 Å². The molecule has 0 bridgehead atoms. The lowest BCUT2D eigenvalue weighted by Crippen LogP contribution is -2.47. The van der Waals surface area contributed by atoms with Gasteiger partial charge in [0.1, 0.15) is 6.04 Å². The molecule has 2 unspecified atom stereocenters. The molecule has 0 aliphatic rings. The second kappa shape index (κ2) is 7.16. The van der Waals surface area contributed by atoms with E-state index in [0.717, 1.165) is 0 Å². The Kier molecular flexibility index (Phi) is 6.59. The van der Waals surface area contributed by atoms with E-state index < -0.39 is 24.0 Å². The van der Waals surface area contributed by atoms with E-state index in [1.807, 2.05) is 0 Å². The number of hydrogen-bond donors (Lipinski definition) is 3. The number of hydrogen-bond acceptors (Lipinski definition) is 5. The molecule has 0 aromatic carbocycles. The van der Waals surface area contributed by atoms with E-state index in [4.69, 9.17) is 10.8 Å². The van der Waals surface area contributed by atoms with Crippen LogP contribution in [0.15, 0.2) is 0 Å². The van der Waals surface area contributed by atoms with Crippen LogP contribution < -0.4 is 11.1 Å². The first-order chi connectivity index (χ1) is 7.02. The molecule has 7 nitrogen and oxygen atoms in total. The molecule has 0 aliphatic carbocycles. The lowest BCUT2D eigenvalue weighted by atomic mass is 10.3. The average molecular weight is 220 g/mol. The van der Waals surface area contributed by atoms with Gasteiger partial charge >= 0.3 is 5.97 Å². The van der Waals surface area contributed by atoms with Gasteiger partial charge in [0.2, 0.25) is 5.91 Å². The minimum Gasteiger partial charge on any atom is -0.479 e. The summed E-state index contributed by atoms with van der Waals surface area (Å²) in [7, 11) is 2.67. The van der Waals surface area contributed by atoms with E-state index in [0.29, 0.717) is 0 Å². The van der Waals surface area contributed by atoms with Crippen molar-refractivity contribution in [2.45, 2.75) is 12.1 Å². The number of carbonyl (C=O) groups excluding carboxylic acids is 1. The highest BCUT2D eigenvalue weighted by molar-refractivity contribution is 5.82. The third-order valence-corrected chi connectivity index (χ3v) is 1.70. The molecule has 0 spiro atoms. The summed E-state index contributed by atoms with van der Waals surface area (Å²) in [5.41, 5.74) is 5.41. The van der Waals surface area contributed by atoms with Gasteiger partial charge in [-0.3, -0.25) is 4.79 Å². The second-order valence-corrected chi connectivity index (χ2v) is 2.87. The fourth-order valence-electron chi connectivity index (χ4n) is 0.851. The first-order valence-electron chi connectivity index (χ1n) is 4.30. The van der Waals surface area contributed by atoms with E-state index in [1.54, 1.807) is 0 Å². The Balaban J connectivity index is 3.92. The number of nitrogens with two attached hydrogens (primary N) is 1. The summed E-state index contributed by atoms with van der Waals surface area (Å²) in [6.45, 7) is -0.0430. The molecule has 0 aromatic rings. The monoisotopic (exact) mass is 220 g/mol. The Hall–Kier alpha value is -1.18. The van der Waals surface area contributed by atoms with Crippen molar-refractivity contribution in [1.82, 2.24) is 5.32 Å². The summed E-state index contributed by atoms with van der Waals surface area (Å²) < 4.78 is 9.29. The van der Waals surface area contributed by atoms with Crippen LogP contribution in [0.25, 0.3) is 0 Å². The van der Waals surface area contributed by atoms with Crippen LogP contribution in [0.1, 0.15) is 0 Å². The predicted octanol–water partition coefficient (Wildman–Crippen LogP) is -1.82. The van der Waals surface area contributed by atoms with E-state index in [1.165, 1.54) is 14.2 Å². The van der Waals surface area contributed by atoms with Crippen molar-refractivity contribution in [3.63, 3.8) is 0 Å². The first-order valence-corrected chi connectivity index (χ1v) is 4.30. The van der Waals surface area contributed by atoms with Crippen molar-refractivity contribution >= 4 is 11.9 Å². The largest absolute Gasteiger partial charge is 0.479 e. The van der Waals surface area contributed by atoms with Crippen LogP contribution in [0, 0.1) is 0 Å². The van der Waals surface area contributed by atoms with Gasteiger partial charge in [0, 0.05) is 14.2 Å². The summed E-state index contributed by atoms with van der Waals surface area (Å²) in [4.78, 5) is 21.7. The highest BCUT2D eigenvalue weighted by Crippen LogP contribution is 1.88. The van der Waals surface area contributed by atoms with Gasteiger partial charge in [0.15, 0.2) is 6.10 Å². The Morgan fingerprint density at radius 3 is 2.47 bits per heavy atom. The standard InChI is InChI=1S/C8H16N2O5/c1-14-4-5(9)7(11)10-3-6(15-2)8(12)13/h5-6H,3-4,9H2,1-2H3,(H,10,11)(H,12,13). The average Bonchev–Trinajstić information content (AvgIpc) is 2.18. The number of nitrogens with one attached hydrogen (secondary N) is 1. The number of ether oxygens (including phenoxy) is 2. The lowest BCUT2D eigenvalue weighted by molar-refractivity contribution is -0.148. The molecule has 0 aromatic heterocycles. The lowest BCUT2D eigenvalue weighted by Gasteiger charge is -2.14. The molecular weight excluding hydrogens is 204 g/mol. The molecular formula is C8H16N2O5. The zero-order valence-electron chi connectivity index (χ0n) is 8.73. The molecule has 0 heterocycles. The zero-order valence-corrected chi connectivity index (χ0v) is 8.73. The van der Waals surface area contributed by atoms with Gasteiger partial charge in [-0.25, -0.2) is 4.79 Å². The number of carboxylic acids is 1. The Labute approximate surface area is 87.5 Å². The van der Waals surface area contributed by atoms with Gasteiger partial charge in [-0.15, -0.1) is 0 Å². The molecule has 0 saturated heterocycles. The molecule has 2 atom stereocenters. The molecule has 4 N–H and O–H groups in total. The summed E-state index contributed by atoms with van der Waals surface area (Å²) in [6, 6.07) is -0.804. The smallest absolute Gasteiger partial charge is 0.334 e. The van der Waals surface area contributed by atoms with Crippen molar-refractivity contribution in [3.05, 3.63) is 0 Å². The summed E-state index contributed by atoms with van der Waals surface area (Å²) in [5.74, 6) is -1.61. The van der Waals surface area contributed by atoms with Crippen LogP contribution in [-0.4, -0.2) is 56.5 Å². The van der Waals surface area contributed by atoms with Crippen molar-refractivity contribution in [2.75, 3.05) is 27.4 Å². The normalized spacial score (nSPS) is 14.3. The van der Waals surface area contributed by atoms with Crippen LogP contribution in [0.2, 0.25) is 0 Å². The molecule has 88 valence electrons. The maximum Gasteiger partial charge on any atom is 0.334 e. The van der Waals surface area contributed by atoms with Gasteiger partial charge in [0.25, 0.3) is 0 Å². The van der Waals surface area contributed by atoms with Crippen molar-refractivity contribution in [2.24, 2.45) is 5.73 Å². The molecule has 0 radical (unpaired) electrons. The van der Waals surface area contributed by atoms with E-state index in [-0.39, 0.29) is 13.2 Å². The third-order valence-electron chi connectivity index (χ3n) is 1.70. The number of carbonyl (C=O) groups is 2. The number of rotatable bonds is 7. The van der Waals surface area contributed by atoms with Crippen molar-refractivity contribution in [1.29, 1.82) is 0 Å². The predicted molar refractivity (Wildman–Crippen MR) is 51.3 cm³/mol. The van der Waals surface area contributed by atoms with Crippen LogP contribution >= 0.6 is 0 Å². The minimum absolute atomic E-state index is 0.0799. The van der Waals surface area contributed by atoms with Crippen LogP contribution in [0.5, 0.6) is 0 Å². The number of carboxylic acid groups (broad SMARTS) is 1. The van der Waals surface area contributed by atoms with E-state index in [9.17, 15) is 9.59 Å². The van der Waals surface area contributed by atoms with Crippen LogP contribution in [0.3, 0.4) is 0 Å². The van der Waals surface area contributed by atoms with Crippen molar-refractivity contribution in [3.8, 4) is 0 Å². The zero-order chi connectivity index (χ0) is 11.8. The van der Waals surface area contributed by atoms with E-state index in [2.05, 4.69) is 14.8 Å². The molecule has 0 rings (SSSR count). The summed E-state index contributed by atoms with van der Waals surface area (Å²) >= 11 is 0. The molecule has 15 heavy (non-hydrogen) atoms. The van der Waals surface area contributed by atoms with Gasteiger partial charge in [-0.05, 0) is 0 Å². The number of methoxy groups -OCH3 is 2. The van der Waals surface area contributed by atoms with E-state index >= 15 is 0 Å². The second-order valence-electron chi connectivity index (χ2n) is 2.87. The van der Waals surface area contributed by atoms with Crippen LogP contribution in [-0.2, 0) is 19.1 Å². The van der Waals surface area contributed by atoms with Gasteiger partial charge < -0.3 is 25.6 Å². The fraction of sp³-hybridized carbons (Fsp3) is 0.750. The number of aliphatic carboxylic acids is 1. The van der Waals surface area contributed by atoms with Gasteiger partial charge in [-0.2, -0.15) is 0 Å². The van der Waals surface area contributed by atoms with Crippen molar-refractivity contribution < 1.29 is 24.2 Å². The summed E-state index contributed by atoms with van der Waals surface area (Å²) in [6.07, 6.45) is -1.07. The SMILES string of the molecule is COCC(N)C(=O)NCC(OC)C(=O)O. The molecule has 0 aliphatic heterocycles. The Morgan fingerprint density at radius 1 is 1.47 bits per heavy atom. The van der Waals surface area contributed by atoms with Gasteiger partial charge in [-0.1, -0.05) is 0 Å².